The Morgan fingerprint density at radius 2 is 1.96 bits per heavy atom. The zero-order valence-corrected chi connectivity index (χ0v) is 13.4. The highest BCUT2D eigenvalue weighted by Crippen LogP contribution is 2.38. The first-order chi connectivity index (χ1) is 11.0. The second-order valence-corrected chi connectivity index (χ2v) is 6.53. The fourth-order valence-corrected chi connectivity index (χ4v) is 3.01. The zero-order valence-electron chi connectivity index (χ0n) is 11.7. The Bertz CT molecular complexity index is 850. The smallest absolute Gasteiger partial charge is 0.404 e. The van der Waals surface area contributed by atoms with E-state index in [-0.39, 0.29) is 5.75 Å². The number of phosphoric acid groups is 1. The van der Waals surface area contributed by atoms with Crippen LogP contribution in [-0.4, -0.2) is 19.8 Å². The van der Waals surface area contributed by atoms with E-state index < -0.39 is 7.82 Å². The zero-order chi connectivity index (χ0) is 16.3. The molecule has 23 heavy (non-hydrogen) atoms. The SMILES string of the molecule is O=P(O)(O)Oc1cccc(Nc2nc(-c3ccncc3)cs2)c1. The number of benzene rings is 1. The molecule has 0 bridgehead atoms. The van der Waals surface area contributed by atoms with Gasteiger partial charge in [0.1, 0.15) is 5.75 Å². The number of thiazole rings is 1. The first-order valence-electron chi connectivity index (χ1n) is 6.48. The number of hydrogen-bond donors (Lipinski definition) is 3. The molecule has 0 spiro atoms. The van der Waals surface area contributed by atoms with Gasteiger partial charge in [-0.25, -0.2) is 9.55 Å². The molecular weight excluding hydrogens is 337 g/mol. The minimum Gasteiger partial charge on any atom is -0.404 e. The van der Waals surface area contributed by atoms with E-state index in [2.05, 4.69) is 19.8 Å². The number of rotatable bonds is 5. The topological polar surface area (TPSA) is 105 Å². The summed E-state index contributed by atoms with van der Waals surface area (Å²) in [7, 11) is -4.57. The number of nitrogens with zero attached hydrogens (tertiary/aromatic N) is 2. The molecule has 2 aromatic heterocycles. The Kier molecular flexibility index (Phi) is 4.40. The van der Waals surface area contributed by atoms with Gasteiger partial charge in [-0.2, -0.15) is 0 Å². The van der Waals surface area contributed by atoms with Gasteiger partial charge in [0.2, 0.25) is 0 Å². The lowest BCUT2D eigenvalue weighted by atomic mass is 10.2. The molecule has 3 rings (SSSR count). The number of phosphoric ester groups is 1. The van der Waals surface area contributed by atoms with Crippen LogP contribution in [0.3, 0.4) is 0 Å². The number of hydrogen-bond acceptors (Lipinski definition) is 6. The summed E-state index contributed by atoms with van der Waals surface area (Å²) >= 11 is 1.42. The molecule has 0 unspecified atom stereocenters. The molecule has 0 aliphatic carbocycles. The van der Waals surface area contributed by atoms with E-state index in [9.17, 15) is 4.57 Å². The van der Waals surface area contributed by atoms with Crippen LogP contribution in [0.15, 0.2) is 54.2 Å². The van der Waals surface area contributed by atoms with Gasteiger partial charge in [-0.15, -0.1) is 11.3 Å². The van der Waals surface area contributed by atoms with Crippen LogP contribution in [0.1, 0.15) is 0 Å². The van der Waals surface area contributed by atoms with E-state index in [0.717, 1.165) is 11.3 Å². The van der Waals surface area contributed by atoms with Crippen LogP contribution < -0.4 is 9.84 Å². The van der Waals surface area contributed by atoms with Gasteiger partial charge in [0, 0.05) is 35.1 Å². The standard InChI is InChI=1S/C14H12N3O4PS/c18-22(19,20)21-12-3-1-2-11(8-12)16-14-17-13(9-23-14)10-4-6-15-7-5-10/h1-9H,(H,16,17)(H2,18,19,20). The van der Waals surface area contributed by atoms with E-state index in [1.54, 1.807) is 24.5 Å². The van der Waals surface area contributed by atoms with E-state index in [4.69, 9.17) is 9.79 Å². The van der Waals surface area contributed by atoms with Gasteiger partial charge in [-0.05, 0) is 24.3 Å². The van der Waals surface area contributed by atoms with Crippen LogP contribution in [-0.2, 0) is 4.57 Å². The van der Waals surface area contributed by atoms with Crippen molar-refractivity contribution < 1.29 is 18.9 Å². The predicted octanol–water partition coefficient (Wildman–Crippen LogP) is 3.42. The average molecular weight is 349 g/mol. The van der Waals surface area contributed by atoms with Crippen molar-refractivity contribution >= 4 is 30.0 Å². The van der Waals surface area contributed by atoms with Crippen molar-refractivity contribution in [3.05, 3.63) is 54.2 Å². The molecule has 0 atom stereocenters. The van der Waals surface area contributed by atoms with E-state index in [1.807, 2.05) is 17.5 Å². The molecule has 1 aromatic carbocycles. The van der Waals surface area contributed by atoms with Crippen LogP contribution in [0.2, 0.25) is 0 Å². The molecule has 0 amide bonds. The molecule has 3 aromatic rings. The molecular formula is C14H12N3O4PS. The Hall–Kier alpha value is -2.25. The normalized spacial score (nSPS) is 11.2. The van der Waals surface area contributed by atoms with Crippen molar-refractivity contribution in [2.75, 3.05) is 5.32 Å². The van der Waals surface area contributed by atoms with Crippen LogP contribution in [0.5, 0.6) is 5.75 Å². The number of aromatic nitrogens is 2. The molecule has 2 heterocycles. The summed E-state index contributed by atoms with van der Waals surface area (Å²) in [4.78, 5) is 26.1. The largest absolute Gasteiger partial charge is 0.524 e. The van der Waals surface area contributed by atoms with E-state index in [0.29, 0.717) is 10.8 Å². The Morgan fingerprint density at radius 1 is 1.17 bits per heavy atom. The minimum absolute atomic E-state index is 0.0780. The maximum atomic E-state index is 10.9. The number of anilines is 2. The molecule has 0 aliphatic rings. The fraction of sp³-hybridized carbons (Fsp3) is 0. The van der Waals surface area contributed by atoms with Gasteiger partial charge in [-0.3, -0.25) is 14.8 Å². The van der Waals surface area contributed by atoms with Crippen molar-refractivity contribution in [1.82, 2.24) is 9.97 Å². The third-order valence-corrected chi connectivity index (χ3v) is 4.00. The summed E-state index contributed by atoms with van der Waals surface area (Å²) in [6, 6.07) is 10.1. The summed E-state index contributed by atoms with van der Waals surface area (Å²) in [6.45, 7) is 0. The summed E-state index contributed by atoms with van der Waals surface area (Å²) in [5.74, 6) is 0.0780. The molecule has 0 saturated heterocycles. The van der Waals surface area contributed by atoms with Crippen molar-refractivity contribution in [3.63, 3.8) is 0 Å². The summed E-state index contributed by atoms with van der Waals surface area (Å²) < 4.78 is 15.4. The first kappa shape index (κ1) is 15.6. The molecule has 3 N–H and O–H groups in total. The Balaban J connectivity index is 1.77. The maximum Gasteiger partial charge on any atom is 0.524 e. The second kappa shape index (κ2) is 6.47. The van der Waals surface area contributed by atoms with Crippen LogP contribution >= 0.6 is 19.2 Å². The van der Waals surface area contributed by atoms with Gasteiger partial charge < -0.3 is 9.84 Å². The van der Waals surface area contributed by atoms with Gasteiger partial charge >= 0.3 is 7.82 Å². The lowest BCUT2D eigenvalue weighted by Gasteiger charge is -2.08. The highest BCUT2D eigenvalue weighted by atomic mass is 32.1. The van der Waals surface area contributed by atoms with Gasteiger partial charge in [0.05, 0.1) is 5.69 Å². The number of nitrogens with one attached hydrogen (secondary N) is 1. The van der Waals surface area contributed by atoms with Crippen molar-refractivity contribution in [3.8, 4) is 17.0 Å². The molecule has 9 heteroatoms. The molecule has 0 fully saturated rings. The quantitative estimate of drug-likeness (QED) is 0.606. The third-order valence-electron chi connectivity index (χ3n) is 2.79. The van der Waals surface area contributed by atoms with E-state index >= 15 is 0 Å². The lowest BCUT2D eigenvalue weighted by Crippen LogP contribution is -1.93. The highest BCUT2D eigenvalue weighted by Gasteiger charge is 2.16. The second-order valence-electron chi connectivity index (χ2n) is 4.51. The number of pyridine rings is 1. The molecule has 0 radical (unpaired) electrons. The molecule has 0 aliphatic heterocycles. The van der Waals surface area contributed by atoms with Gasteiger partial charge in [0.15, 0.2) is 5.13 Å². The molecule has 0 saturated carbocycles. The van der Waals surface area contributed by atoms with Crippen LogP contribution in [0, 0.1) is 0 Å². The first-order valence-corrected chi connectivity index (χ1v) is 8.89. The van der Waals surface area contributed by atoms with Crippen molar-refractivity contribution in [2.45, 2.75) is 0 Å². The maximum absolute atomic E-state index is 10.9. The lowest BCUT2D eigenvalue weighted by molar-refractivity contribution is 0.283. The fourth-order valence-electron chi connectivity index (χ4n) is 1.88. The van der Waals surface area contributed by atoms with Crippen LogP contribution in [0.25, 0.3) is 11.3 Å². The summed E-state index contributed by atoms with van der Waals surface area (Å²) in [5, 5.41) is 5.65. The van der Waals surface area contributed by atoms with Crippen molar-refractivity contribution in [2.24, 2.45) is 0 Å². The van der Waals surface area contributed by atoms with Crippen molar-refractivity contribution in [1.29, 1.82) is 0 Å². The Morgan fingerprint density at radius 3 is 2.70 bits per heavy atom. The summed E-state index contributed by atoms with van der Waals surface area (Å²) in [5.41, 5.74) is 2.40. The van der Waals surface area contributed by atoms with Gasteiger partial charge in [0.25, 0.3) is 0 Å². The van der Waals surface area contributed by atoms with Gasteiger partial charge in [-0.1, -0.05) is 6.07 Å². The average Bonchev–Trinajstić information content (AvgIpc) is 2.95. The van der Waals surface area contributed by atoms with Crippen LogP contribution in [0.4, 0.5) is 10.8 Å². The Labute approximate surface area is 135 Å². The third kappa shape index (κ3) is 4.37. The molecule has 118 valence electrons. The predicted molar refractivity (Wildman–Crippen MR) is 87.7 cm³/mol. The summed E-state index contributed by atoms with van der Waals surface area (Å²) in [6.07, 6.45) is 3.40. The minimum atomic E-state index is -4.57. The highest BCUT2D eigenvalue weighted by molar-refractivity contribution is 7.46. The molecule has 7 nitrogen and oxygen atoms in total. The van der Waals surface area contributed by atoms with E-state index in [1.165, 1.54) is 23.5 Å². The monoisotopic (exact) mass is 349 g/mol.